The Bertz CT molecular complexity index is 535. The molecule has 1 aromatic rings. The Labute approximate surface area is 119 Å². The Morgan fingerprint density at radius 1 is 1.35 bits per heavy atom. The van der Waals surface area contributed by atoms with E-state index in [2.05, 4.69) is 0 Å². The lowest BCUT2D eigenvalue weighted by Crippen LogP contribution is -2.38. The molecule has 1 fully saturated rings. The zero-order chi connectivity index (χ0) is 14.9. The summed E-state index contributed by atoms with van der Waals surface area (Å²) in [7, 11) is 0. The fourth-order valence-electron chi connectivity index (χ4n) is 2.24. The summed E-state index contributed by atoms with van der Waals surface area (Å²) in [4.78, 5) is 25.2. The number of hydrogen-bond donors (Lipinski definition) is 1. The van der Waals surface area contributed by atoms with Crippen molar-refractivity contribution in [2.24, 2.45) is 11.8 Å². The molecular formula is C16H21NO3. The van der Waals surface area contributed by atoms with E-state index < -0.39 is 11.9 Å². The van der Waals surface area contributed by atoms with E-state index in [0.29, 0.717) is 0 Å². The third-order valence-electron chi connectivity index (χ3n) is 3.94. The summed E-state index contributed by atoms with van der Waals surface area (Å²) in [5.74, 6) is -1.30. The fourth-order valence-corrected chi connectivity index (χ4v) is 2.24. The number of carbonyl (C=O) groups excluding carboxylic acids is 1. The summed E-state index contributed by atoms with van der Waals surface area (Å²) < 4.78 is 0. The van der Waals surface area contributed by atoms with Crippen LogP contribution in [0.1, 0.15) is 30.9 Å². The number of aryl methyl sites for hydroxylation is 1. The standard InChI is InChI=1S/C16H21NO3/c1-10-5-4-6-14(12(10)3)17(9-11(2)16(19)20)15(18)13-7-8-13/h4-6,11,13H,7-9H2,1-3H3,(H,19,20). The SMILES string of the molecule is Cc1cccc(N(CC(C)C(=O)O)C(=O)C2CC2)c1C. The highest BCUT2D eigenvalue weighted by atomic mass is 16.4. The monoisotopic (exact) mass is 275 g/mol. The summed E-state index contributed by atoms with van der Waals surface area (Å²) in [5.41, 5.74) is 2.99. The van der Waals surface area contributed by atoms with Gasteiger partial charge in [0, 0.05) is 18.2 Å². The minimum atomic E-state index is -0.871. The summed E-state index contributed by atoms with van der Waals surface area (Å²) >= 11 is 0. The molecule has 0 radical (unpaired) electrons. The lowest BCUT2D eigenvalue weighted by Gasteiger charge is -2.27. The quantitative estimate of drug-likeness (QED) is 0.899. The molecule has 20 heavy (non-hydrogen) atoms. The second-order valence-corrected chi connectivity index (χ2v) is 5.68. The van der Waals surface area contributed by atoms with Crippen LogP contribution in [0.2, 0.25) is 0 Å². The van der Waals surface area contributed by atoms with E-state index >= 15 is 0 Å². The summed E-state index contributed by atoms with van der Waals surface area (Å²) in [5, 5.41) is 9.10. The van der Waals surface area contributed by atoms with Crippen LogP contribution in [0.25, 0.3) is 0 Å². The van der Waals surface area contributed by atoms with E-state index in [1.807, 2.05) is 32.0 Å². The summed E-state index contributed by atoms with van der Waals surface area (Å²) in [6, 6.07) is 5.81. The highest BCUT2D eigenvalue weighted by Gasteiger charge is 2.35. The molecule has 108 valence electrons. The maximum atomic E-state index is 12.5. The van der Waals surface area contributed by atoms with Gasteiger partial charge in [0.25, 0.3) is 0 Å². The van der Waals surface area contributed by atoms with Crippen LogP contribution in [0, 0.1) is 25.7 Å². The van der Waals surface area contributed by atoms with Gasteiger partial charge in [-0.3, -0.25) is 9.59 Å². The summed E-state index contributed by atoms with van der Waals surface area (Å²) in [6.45, 7) is 5.85. The molecule has 0 aromatic heterocycles. The van der Waals surface area contributed by atoms with Crippen molar-refractivity contribution in [1.82, 2.24) is 0 Å². The number of anilines is 1. The molecular weight excluding hydrogens is 254 g/mol. The van der Waals surface area contributed by atoms with Gasteiger partial charge in [0.05, 0.1) is 5.92 Å². The lowest BCUT2D eigenvalue weighted by molar-refractivity contribution is -0.140. The molecule has 1 aliphatic rings. The van der Waals surface area contributed by atoms with E-state index in [-0.39, 0.29) is 18.4 Å². The molecule has 1 atom stereocenters. The van der Waals surface area contributed by atoms with Crippen molar-refractivity contribution < 1.29 is 14.7 Å². The molecule has 4 heteroatoms. The minimum Gasteiger partial charge on any atom is -0.481 e. The minimum absolute atomic E-state index is 0.0619. The molecule has 0 bridgehead atoms. The first kappa shape index (κ1) is 14.6. The Hall–Kier alpha value is -1.84. The molecule has 1 amide bonds. The smallest absolute Gasteiger partial charge is 0.308 e. The van der Waals surface area contributed by atoms with E-state index in [9.17, 15) is 9.59 Å². The molecule has 0 heterocycles. The van der Waals surface area contributed by atoms with E-state index in [1.165, 1.54) is 0 Å². The second-order valence-electron chi connectivity index (χ2n) is 5.68. The first-order chi connectivity index (χ1) is 9.41. The zero-order valence-electron chi connectivity index (χ0n) is 12.2. The molecule has 1 unspecified atom stereocenters. The third-order valence-corrected chi connectivity index (χ3v) is 3.94. The largest absolute Gasteiger partial charge is 0.481 e. The van der Waals surface area contributed by atoms with Crippen LogP contribution in [0.4, 0.5) is 5.69 Å². The van der Waals surface area contributed by atoms with Crippen molar-refractivity contribution in [3.05, 3.63) is 29.3 Å². The fraction of sp³-hybridized carbons (Fsp3) is 0.500. The van der Waals surface area contributed by atoms with Crippen LogP contribution in [0.15, 0.2) is 18.2 Å². The average Bonchev–Trinajstić information content (AvgIpc) is 3.23. The Morgan fingerprint density at radius 2 is 2.00 bits per heavy atom. The maximum absolute atomic E-state index is 12.5. The zero-order valence-corrected chi connectivity index (χ0v) is 12.2. The predicted molar refractivity (Wildman–Crippen MR) is 77.8 cm³/mol. The van der Waals surface area contributed by atoms with Crippen LogP contribution >= 0.6 is 0 Å². The number of carbonyl (C=O) groups is 2. The summed E-state index contributed by atoms with van der Waals surface area (Å²) in [6.07, 6.45) is 1.84. The van der Waals surface area contributed by atoms with Gasteiger partial charge in [-0.1, -0.05) is 19.1 Å². The van der Waals surface area contributed by atoms with Crippen molar-refractivity contribution in [2.75, 3.05) is 11.4 Å². The molecule has 4 nitrogen and oxygen atoms in total. The topological polar surface area (TPSA) is 57.6 Å². The van der Waals surface area contributed by atoms with Crippen molar-refractivity contribution in [3.63, 3.8) is 0 Å². The number of amides is 1. The highest BCUT2D eigenvalue weighted by Crippen LogP contribution is 2.34. The van der Waals surface area contributed by atoms with Gasteiger partial charge in [0.2, 0.25) is 5.91 Å². The number of carboxylic acid groups (broad SMARTS) is 1. The Kier molecular flexibility index (Phi) is 4.12. The molecule has 0 aliphatic heterocycles. The third kappa shape index (κ3) is 3.00. The van der Waals surface area contributed by atoms with Gasteiger partial charge < -0.3 is 10.0 Å². The number of rotatable bonds is 5. The molecule has 1 aromatic carbocycles. The van der Waals surface area contributed by atoms with E-state index in [4.69, 9.17) is 5.11 Å². The number of nitrogens with zero attached hydrogens (tertiary/aromatic N) is 1. The van der Waals surface area contributed by atoms with Crippen LogP contribution < -0.4 is 4.90 Å². The molecule has 1 N–H and O–H groups in total. The predicted octanol–water partition coefficient (Wildman–Crippen LogP) is 2.77. The van der Waals surface area contributed by atoms with Gasteiger partial charge in [-0.2, -0.15) is 0 Å². The van der Waals surface area contributed by atoms with Crippen LogP contribution in [-0.4, -0.2) is 23.5 Å². The number of benzene rings is 1. The van der Waals surface area contributed by atoms with Gasteiger partial charge >= 0.3 is 5.97 Å². The second kappa shape index (κ2) is 5.65. The number of carboxylic acids is 1. The van der Waals surface area contributed by atoms with Crippen LogP contribution in [-0.2, 0) is 9.59 Å². The van der Waals surface area contributed by atoms with Crippen molar-refractivity contribution in [1.29, 1.82) is 0 Å². The average molecular weight is 275 g/mol. The lowest BCUT2D eigenvalue weighted by atomic mass is 10.0. The van der Waals surface area contributed by atoms with Crippen LogP contribution in [0.5, 0.6) is 0 Å². The molecule has 0 saturated heterocycles. The van der Waals surface area contributed by atoms with Gasteiger partial charge in [-0.25, -0.2) is 0 Å². The van der Waals surface area contributed by atoms with Gasteiger partial charge in [0.1, 0.15) is 0 Å². The van der Waals surface area contributed by atoms with Crippen molar-refractivity contribution >= 4 is 17.6 Å². The Balaban J connectivity index is 2.32. The number of aliphatic carboxylic acids is 1. The highest BCUT2D eigenvalue weighted by molar-refractivity contribution is 5.97. The Morgan fingerprint density at radius 3 is 2.55 bits per heavy atom. The van der Waals surface area contributed by atoms with Crippen LogP contribution in [0.3, 0.4) is 0 Å². The molecule has 1 saturated carbocycles. The van der Waals surface area contributed by atoms with Gasteiger partial charge in [0.15, 0.2) is 0 Å². The molecule has 1 aliphatic carbocycles. The van der Waals surface area contributed by atoms with Crippen molar-refractivity contribution in [2.45, 2.75) is 33.6 Å². The normalized spacial score (nSPS) is 15.8. The molecule has 2 rings (SSSR count). The van der Waals surface area contributed by atoms with Gasteiger partial charge in [-0.15, -0.1) is 0 Å². The van der Waals surface area contributed by atoms with Crippen molar-refractivity contribution in [3.8, 4) is 0 Å². The van der Waals surface area contributed by atoms with Gasteiger partial charge in [-0.05, 0) is 43.9 Å². The first-order valence-electron chi connectivity index (χ1n) is 7.02. The van der Waals surface area contributed by atoms with E-state index in [1.54, 1.807) is 11.8 Å². The number of hydrogen-bond acceptors (Lipinski definition) is 2. The maximum Gasteiger partial charge on any atom is 0.308 e. The first-order valence-corrected chi connectivity index (χ1v) is 7.02. The van der Waals surface area contributed by atoms with E-state index in [0.717, 1.165) is 29.7 Å². The molecule has 0 spiro atoms.